The maximum absolute atomic E-state index is 5.99. The van der Waals surface area contributed by atoms with E-state index in [1.807, 2.05) is 53.6 Å². The van der Waals surface area contributed by atoms with Crippen molar-refractivity contribution in [1.29, 1.82) is 0 Å². The van der Waals surface area contributed by atoms with Gasteiger partial charge in [-0.1, -0.05) is 60.7 Å². The van der Waals surface area contributed by atoms with Crippen LogP contribution in [0.25, 0.3) is 0 Å². The van der Waals surface area contributed by atoms with Crippen LogP contribution in [0.2, 0.25) is 5.22 Å². The van der Waals surface area contributed by atoms with E-state index in [9.17, 15) is 0 Å². The number of hydrogen-bond acceptors (Lipinski definition) is 4. The number of halogens is 1. The van der Waals surface area contributed by atoms with Crippen molar-refractivity contribution in [1.82, 2.24) is 5.06 Å². The Balaban J connectivity index is 1.70. The van der Waals surface area contributed by atoms with Crippen molar-refractivity contribution in [3.8, 4) is 0 Å². The van der Waals surface area contributed by atoms with Gasteiger partial charge in [-0.05, 0) is 41.3 Å². The Morgan fingerprint density at radius 3 is 2.31 bits per heavy atom. The van der Waals surface area contributed by atoms with Crippen molar-refractivity contribution in [3.63, 3.8) is 0 Å². The van der Waals surface area contributed by atoms with Gasteiger partial charge in [0.25, 0.3) is 0 Å². The smallest absolute Gasteiger partial charge is 0.207 e. The fourth-order valence-corrected chi connectivity index (χ4v) is 3.41. The lowest BCUT2D eigenvalue weighted by molar-refractivity contribution is -0.157. The second-order valence-corrected chi connectivity index (χ2v) is 6.60. The Hall–Kier alpha value is -2.69. The van der Waals surface area contributed by atoms with E-state index in [1.54, 1.807) is 6.07 Å². The molecule has 1 aliphatic rings. The van der Waals surface area contributed by atoms with E-state index in [-0.39, 0.29) is 12.1 Å². The number of benzene rings is 2. The first-order valence-corrected chi connectivity index (χ1v) is 8.86. The fraction of sp³-hybridized carbons (Fsp3) is 0.143. The predicted octanol–water partition coefficient (Wildman–Crippen LogP) is 5.01. The number of nitrogens with zero attached hydrogens (tertiary/aromatic N) is 1. The molecule has 2 N–H and O–H groups in total. The number of nitrogens with two attached hydrogens (primary N) is 1. The lowest BCUT2D eigenvalue weighted by atomic mass is 9.97. The molecule has 5 heteroatoms. The molecule has 132 valence electrons. The molecule has 2 heterocycles. The largest absolute Gasteiger partial charge is 0.448 e. The summed E-state index contributed by atoms with van der Waals surface area (Å²) in [7, 11) is 0. The van der Waals surface area contributed by atoms with Crippen molar-refractivity contribution < 1.29 is 9.25 Å². The first-order chi connectivity index (χ1) is 12.7. The van der Waals surface area contributed by atoms with Crippen molar-refractivity contribution in [2.45, 2.75) is 18.5 Å². The number of hydrogen-bond donors (Lipinski definition) is 1. The lowest BCUT2D eigenvalue weighted by Crippen LogP contribution is -2.30. The maximum Gasteiger partial charge on any atom is 0.207 e. The van der Waals surface area contributed by atoms with Crippen LogP contribution in [0.15, 0.2) is 89.2 Å². The van der Waals surface area contributed by atoms with E-state index in [0.717, 1.165) is 12.0 Å². The number of hydroxylamine groups is 2. The topological polar surface area (TPSA) is 51.6 Å². The van der Waals surface area contributed by atoms with Gasteiger partial charge in [-0.3, -0.25) is 0 Å². The van der Waals surface area contributed by atoms with Gasteiger partial charge in [-0.15, -0.1) is 5.06 Å². The van der Waals surface area contributed by atoms with E-state index in [2.05, 4.69) is 24.3 Å². The molecular weight excluding hydrogens is 348 g/mol. The third-order valence-electron chi connectivity index (χ3n) is 4.46. The minimum absolute atomic E-state index is 0.0372. The van der Waals surface area contributed by atoms with Gasteiger partial charge in [0, 0.05) is 6.08 Å². The highest BCUT2D eigenvalue weighted by Crippen LogP contribution is 2.39. The third kappa shape index (κ3) is 3.47. The summed E-state index contributed by atoms with van der Waals surface area (Å²) in [4.78, 5) is 5.90. The van der Waals surface area contributed by atoms with Crippen molar-refractivity contribution in [3.05, 3.63) is 107 Å². The molecule has 0 spiro atoms. The van der Waals surface area contributed by atoms with E-state index in [1.165, 1.54) is 5.56 Å². The van der Waals surface area contributed by atoms with E-state index >= 15 is 0 Å². The molecular formula is C21H19ClN2O2. The van der Waals surface area contributed by atoms with Crippen LogP contribution in [0, 0.1) is 0 Å². The highest BCUT2D eigenvalue weighted by molar-refractivity contribution is 6.28. The van der Waals surface area contributed by atoms with Crippen molar-refractivity contribution in [2.24, 2.45) is 5.73 Å². The Labute approximate surface area is 157 Å². The maximum atomic E-state index is 5.99. The van der Waals surface area contributed by atoms with Crippen LogP contribution in [0.3, 0.4) is 0 Å². The lowest BCUT2D eigenvalue weighted by Gasteiger charge is -2.31. The van der Waals surface area contributed by atoms with E-state index in [4.69, 9.17) is 26.6 Å². The van der Waals surface area contributed by atoms with Crippen LogP contribution in [0.4, 0.5) is 0 Å². The molecule has 0 aliphatic carbocycles. The molecule has 0 bridgehead atoms. The van der Waals surface area contributed by atoms with Gasteiger partial charge in [-0.25, -0.2) is 0 Å². The molecule has 0 saturated heterocycles. The van der Waals surface area contributed by atoms with E-state index < -0.39 is 0 Å². The third-order valence-corrected chi connectivity index (χ3v) is 4.66. The molecule has 4 nitrogen and oxygen atoms in total. The summed E-state index contributed by atoms with van der Waals surface area (Å²) >= 11 is 5.97. The van der Waals surface area contributed by atoms with Crippen molar-refractivity contribution >= 4 is 11.6 Å². The summed E-state index contributed by atoms with van der Waals surface area (Å²) in [5.41, 5.74) is 8.35. The molecule has 4 rings (SSSR count). The van der Waals surface area contributed by atoms with Crippen LogP contribution in [0.5, 0.6) is 0 Å². The van der Waals surface area contributed by atoms with Gasteiger partial charge in [0.1, 0.15) is 11.8 Å². The number of rotatable bonds is 5. The molecule has 0 amide bonds. The molecule has 2 unspecified atom stereocenters. The zero-order valence-corrected chi connectivity index (χ0v) is 14.8. The average molecular weight is 367 g/mol. The highest BCUT2D eigenvalue weighted by Gasteiger charge is 2.36. The Kier molecular flexibility index (Phi) is 4.69. The van der Waals surface area contributed by atoms with Gasteiger partial charge >= 0.3 is 0 Å². The molecule has 26 heavy (non-hydrogen) atoms. The van der Waals surface area contributed by atoms with E-state index in [0.29, 0.717) is 16.9 Å². The molecule has 0 saturated carbocycles. The molecule has 1 aromatic heterocycles. The molecule has 0 radical (unpaired) electrons. The number of furan rings is 1. The van der Waals surface area contributed by atoms with Gasteiger partial charge in [0.05, 0.1) is 6.04 Å². The van der Waals surface area contributed by atoms with Crippen LogP contribution in [0.1, 0.15) is 29.0 Å². The summed E-state index contributed by atoms with van der Waals surface area (Å²) in [5, 5.41) is 2.23. The zero-order valence-electron chi connectivity index (χ0n) is 14.1. The Morgan fingerprint density at radius 2 is 1.65 bits per heavy atom. The first kappa shape index (κ1) is 16.8. The van der Waals surface area contributed by atoms with Crippen LogP contribution in [-0.4, -0.2) is 5.06 Å². The second-order valence-electron chi connectivity index (χ2n) is 6.22. The quantitative estimate of drug-likeness (QED) is 0.690. The minimum atomic E-state index is -0.239. The summed E-state index contributed by atoms with van der Waals surface area (Å²) in [5.74, 6) is 1.06. The van der Waals surface area contributed by atoms with Gasteiger partial charge in [-0.2, -0.15) is 0 Å². The molecule has 3 aromatic rings. The first-order valence-electron chi connectivity index (χ1n) is 8.48. The molecule has 2 atom stereocenters. The SMILES string of the molecule is NC1=CC(c2ccc(Cl)o2)N(C(Cc2ccccc2)c2ccccc2)O1. The fourth-order valence-electron chi connectivity index (χ4n) is 3.26. The summed E-state index contributed by atoms with van der Waals surface area (Å²) in [6.07, 6.45) is 2.62. The predicted molar refractivity (Wildman–Crippen MR) is 101 cm³/mol. The van der Waals surface area contributed by atoms with Crippen LogP contribution < -0.4 is 5.73 Å². The zero-order chi connectivity index (χ0) is 17.9. The minimum Gasteiger partial charge on any atom is -0.448 e. The highest BCUT2D eigenvalue weighted by atomic mass is 35.5. The van der Waals surface area contributed by atoms with Gasteiger partial charge < -0.3 is 15.0 Å². The molecule has 0 fully saturated rings. The summed E-state index contributed by atoms with van der Waals surface area (Å²) in [6.45, 7) is 0. The average Bonchev–Trinajstić information content (AvgIpc) is 3.27. The van der Waals surface area contributed by atoms with Gasteiger partial charge in [0.2, 0.25) is 5.88 Å². The Morgan fingerprint density at radius 1 is 0.962 bits per heavy atom. The molecule has 1 aliphatic heterocycles. The van der Waals surface area contributed by atoms with Gasteiger partial charge in [0.15, 0.2) is 5.22 Å². The normalized spacial score (nSPS) is 18.3. The van der Waals surface area contributed by atoms with Crippen LogP contribution in [-0.2, 0) is 11.3 Å². The monoisotopic (exact) mass is 366 g/mol. The van der Waals surface area contributed by atoms with Crippen LogP contribution >= 0.6 is 11.6 Å². The standard InChI is InChI=1S/C21H19ClN2O2/c22-20-12-11-19(25-20)18-14-21(23)26-24(18)17(16-9-5-2-6-10-16)13-15-7-3-1-4-8-15/h1-12,14,17-18H,13,23H2. The summed E-state index contributed by atoms with van der Waals surface area (Å²) in [6, 6.07) is 23.9. The van der Waals surface area contributed by atoms with Crippen molar-refractivity contribution in [2.75, 3.05) is 0 Å². The Bertz CT molecular complexity index is 893. The molecule has 2 aromatic carbocycles. The summed E-state index contributed by atoms with van der Waals surface area (Å²) < 4.78 is 5.63. The second kappa shape index (κ2) is 7.28.